The van der Waals surface area contributed by atoms with E-state index in [9.17, 15) is 13.2 Å². The zero-order valence-corrected chi connectivity index (χ0v) is 12.6. The Hall–Kier alpha value is -0.700. The molecule has 1 aromatic rings. The number of piperazine rings is 1. The van der Waals surface area contributed by atoms with Gasteiger partial charge in [-0.15, -0.1) is 11.3 Å². The zero-order valence-electron chi connectivity index (χ0n) is 11.7. The second-order valence-electron chi connectivity index (χ2n) is 5.14. The largest absolute Gasteiger partial charge is 0.443 e. The Kier molecular flexibility index (Phi) is 4.68. The van der Waals surface area contributed by atoms with Gasteiger partial charge in [0.2, 0.25) is 0 Å². The molecule has 8 heteroatoms. The van der Waals surface area contributed by atoms with E-state index in [4.69, 9.17) is 0 Å². The Morgan fingerprint density at radius 2 is 2.10 bits per heavy atom. The van der Waals surface area contributed by atoms with Crippen molar-refractivity contribution in [3.05, 3.63) is 16.1 Å². The molecule has 114 valence electrons. The molecule has 0 bridgehead atoms. The van der Waals surface area contributed by atoms with Gasteiger partial charge < -0.3 is 10.2 Å². The third kappa shape index (κ3) is 3.30. The number of likely N-dealkylation sites (N-methyl/N-ethyl adjacent to an activating group) is 3. The van der Waals surface area contributed by atoms with Gasteiger partial charge in [0.1, 0.15) is 0 Å². The Bertz CT molecular complexity index is 448. The molecule has 20 heavy (non-hydrogen) atoms. The SMILES string of the molecule is CNC(c1cnc(C(F)(F)F)s1)C1CN(C)CCN1C. The maximum absolute atomic E-state index is 12.7. The summed E-state index contributed by atoms with van der Waals surface area (Å²) >= 11 is 0.726. The smallest absolute Gasteiger partial charge is 0.311 e. The number of rotatable bonds is 3. The van der Waals surface area contributed by atoms with E-state index in [1.54, 1.807) is 7.05 Å². The molecule has 0 saturated carbocycles. The highest BCUT2D eigenvalue weighted by atomic mass is 32.1. The van der Waals surface area contributed by atoms with Crippen LogP contribution in [0.3, 0.4) is 0 Å². The molecule has 2 rings (SSSR count). The highest BCUT2D eigenvalue weighted by molar-refractivity contribution is 7.11. The third-order valence-electron chi connectivity index (χ3n) is 3.67. The van der Waals surface area contributed by atoms with Gasteiger partial charge >= 0.3 is 6.18 Å². The number of hydrogen-bond donors (Lipinski definition) is 1. The lowest BCUT2D eigenvalue weighted by Gasteiger charge is -2.41. The fraction of sp³-hybridized carbons (Fsp3) is 0.750. The van der Waals surface area contributed by atoms with Crippen molar-refractivity contribution >= 4 is 11.3 Å². The highest BCUT2D eigenvalue weighted by Crippen LogP contribution is 2.35. The fourth-order valence-corrected chi connectivity index (χ4v) is 3.44. The van der Waals surface area contributed by atoms with E-state index in [2.05, 4.69) is 20.1 Å². The number of nitrogens with one attached hydrogen (secondary N) is 1. The number of alkyl halides is 3. The normalized spacial score (nSPS) is 24.0. The minimum atomic E-state index is -4.36. The maximum Gasteiger partial charge on any atom is 0.443 e. The van der Waals surface area contributed by atoms with Crippen molar-refractivity contribution in [1.29, 1.82) is 0 Å². The second kappa shape index (κ2) is 5.97. The molecule has 2 unspecified atom stereocenters. The summed E-state index contributed by atoms with van der Waals surface area (Å²) in [7, 11) is 5.81. The molecule has 1 aromatic heterocycles. The summed E-state index contributed by atoms with van der Waals surface area (Å²) in [5, 5.41) is 2.36. The number of nitrogens with zero attached hydrogens (tertiary/aromatic N) is 3. The fourth-order valence-electron chi connectivity index (χ4n) is 2.49. The Labute approximate surface area is 120 Å². The van der Waals surface area contributed by atoms with E-state index < -0.39 is 11.2 Å². The molecule has 0 radical (unpaired) electrons. The molecular weight excluding hydrogens is 289 g/mol. The van der Waals surface area contributed by atoms with Gasteiger partial charge in [-0.2, -0.15) is 13.2 Å². The molecule has 1 N–H and O–H groups in total. The van der Waals surface area contributed by atoms with E-state index in [1.165, 1.54) is 6.20 Å². The van der Waals surface area contributed by atoms with Crippen molar-refractivity contribution in [3.8, 4) is 0 Å². The first-order valence-electron chi connectivity index (χ1n) is 6.42. The minimum absolute atomic E-state index is 0.139. The third-order valence-corrected chi connectivity index (χ3v) is 4.79. The summed E-state index contributed by atoms with van der Waals surface area (Å²) in [5.41, 5.74) is 0. The minimum Gasteiger partial charge on any atom is -0.311 e. The van der Waals surface area contributed by atoms with Crippen LogP contribution < -0.4 is 5.32 Å². The molecule has 0 amide bonds. The first-order chi connectivity index (χ1) is 9.32. The molecular formula is C12H19F3N4S. The van der Waals surface area contributed by atoms with Gasteiger partial charge in [0, 0.05) is 36.8 Å². The summed E-state index contributed by atoms with van der Waals surface area (Å²) in [6, 6.07) is -0.00312. The molecule has 1 aliphatic rings. The van der Waals surface area contributed by atoms with Crippen LogP contribution in [0.15, 0.2) is 6.20 Å². The van der Waals surface area contributed by atoms with Gasteiger partial charge in [0.25, 0.3) is 0 Å². The summed E-state index contributed by atoms with van der Waals surface area (Å²) in [6.45, 7) is 2.70. The van der Waals surface area contributed by atoms with Crippen LogP contribution in [0.1, 0.15) is 15.9 Å². The van der Waals surface area contributed by atoms with Crippen molar-refractivity contribution in [2.24, 2.45) is 0 Å². The van der Waals surface area contributed by atoms with Crippen LogP contribution in [0, 0.1) is 0 Å². The van der Waals surface area contributed by atoms with E-state index in [0.717, 1.165) is 31.0 Å². The molecule has 4 nitrogen and oxygen atoms in total. The van der Waals surface area contributed by atoms with Gasteiger partial charge in [-0.1, -0.05) is 0 Å². The van der Waals surface area contributed by atoms with Gasteiger partial charge in [-0.05, 0) is 21.1 Å². The highest BCUT2D eigenvalue weighted by Gasteiger charge is 2.37. The lowest BCUT2D eigenvalue weighted by atomic mass is 10.0. The average molecular weight is 308 g/mol. The molecule has 0 spiro atoms. The van der Waals surface area contributed by atoms with Gasteiger partial charge in [0.05, 0.1) is 6.04 Å². The number of halogens is 3. The van der Waals surface area contributed by atoms with Crippen LogP contribution >= 0.6 is 11.3 Å². The molecule has 0 aliphatic carbocycles. The summed E-state index contributed by atoms with van der Waals surface area (Å²) in [4.78, 5) is 8.53. The van der Waals surface area contributed by atoms with Crippen molar-refractivity contribution < 1.29 is 13.2 Å². The van der Waals surface area contributed by atoms with Crippen LogP contribution in [-0.4, -0.2) is 61.6 Å². The molecule has 1 aliphatic heterocycles. The topological polar surface area (TPSA) is 31.4 Å². The van der Waals surface area contributed by atoms with Gasteiger partial charge in [-0.3, -0.25) is 4.90 Å². The molecule has 0 aromatic carbocycles. The predicted molar refractivity (Wildman–Crippen MR) is 72.8 cm³/mol. The quantitative estimate of drug-likeness (QED) is 0.920. The molecule has 1 fully saturated rings. The summed E-state index contributed by atoms with van der Waals surface area (Å²) in [6.07, 6.45) is -3.02. The lowest BCUT2D eigenvalue weighted by Crippen LogP contribution is -2.54. The average Bonchev–Trinajstić information content (AvgIpc) is 2.84. The van der Waals surface area contributed by atoms with Crippen LogP contribution in [0.2, 0.25) is 0 Å². The zero-order chi connectivity index (χ0) is 14.9. The Morgan fingerprint density at radius 3 is 2.65 bits per heavy atom. The van der Waals surface area contributed by atoms with E-state index >= 15 is 0 Å². The maximum atomic E-state index is 12.7. The Morgan fingerprint density at radius 1 is 1.40 bits per heavy atom. The number of hydrogen-bond acceptors (Lipinski definition) is 5. The van der Waals surface area contributed by atoms with Crippen molar-refractivity contribution in [2.75, 3.05) is 40.8 Å². The van der Waals surface area contributed by atoms with Crippen LogP contribution in [0.5, 0.6) is 0 Å². The Balaban J connectivity index is 2.21. The van der Waals surface area contributed by atoms with Crippen LogP contribution in [-0.2, 0) is 6.18 Å². The summed E-state index contributed by atoms with van der Waals surface area (Å²) in [5.74, 6) is 0. The second-order valence-corrected chi connectivity index (χ2v) is 6.20. The standard InChI is InChI=1S/C12H19F3N4S/c1-16-10(8-7-18(2)4-5-19(8)3)9-6-17-11(20-9)12(13,14)15/h6,8,10,16H,4-5,7H2,1-3H3. The van der Waals surface area contributed by atoms with E-state index in [0.29, 0.717) is 4.88 Å². The van der Waals surface area contributed by atoms with Gasteiger partial charge in [0.15, 0.2) is 5.01 Å². The number of aromatic nitrogens is 1. The van der Waals surface area contributed by atoms with E-state index in [1.807, 2.05) is 14.1 Å². The van der Waals surface area contributed by atoms with Crippen LogP contribution in [0.4, 0.5) is 13.2 Å². The molecule has 2 heterocycles. The molecule has 2 atom stereocenters. The first-order valence-corrected chi connectivity index (χ1v) is 7.23. The monoisotopic (exact) mass is 308 g/mol. The lowest BCUT2D eigenvalue weighted by molar-refractivity contribution is -0.137. The first kappa shape index (κ1) is 15.7. The predicted octanol–water partition coefficient (Wildman–Crippen LogP) is 1.67. The van der Waals surface area contributed by atoms with Crippen molar-refractivity contribution in [3.63, 3.8) is 0 Å². The molecule has 1 saturated heterocycles. The van der Waals surface area contributed by atoms with Crippen molar-refractivity contribution in [2.45, 2.75) is 18.3 Å². The van der Waals surface area contributed by atoms with Crippen LogP contribution in [0.25, 0.3) is 0 Å². The summed E-state index contributed by atoms with van der Waals surface area (Å²) < 4.78 is 38.0. The van der Waals surface area contributed by atoms with Crippen molar-refractivity contribution in [1.82, 2.24) is 20.1 Å². The van der Waals surface area contributed by atoms with E-state index in [-0.39, 0.29) is 12.1 Å². The number of thiazole rings is 1. The van der Waals surface area contributed by atoms with Gasteiger partial charge in [-0.25, -0.2) is 4.98 Å².